The molecule has 0 aliphatic rings. The summed E-state index contributed by atoms with van der Waals surface area (Å²) in [6.45, 7) is 0. The molecule has 0 radical (unpaired) electrons. The van der Waals surface area contributed by atoms with E-state index in [0.29, 0.717) is 23.0 Å². The van der Waals surface area contributed by atoms with Crippen molar-refractivity contribution in [2.24, 2.45) is 0 Å². The zero-order valence-corrected chi connectivity index (χ0v) is 13.2. The monoisotopic (exact) mass is 328 g/mol. The van der Waals surface area contributed by atoms with Gasteiger partial charge in [-0.3, -0.25) is 15.6 Å². The van der Waals surface area contributed by atoms with Gasteiger partial charge >= 0.3 is 0 Å². The highest BCUT2D eigenvalue weighted by atomic mass is 16.5. The number of amides is 1. The number of hydrogen-bond acceptors (Lipinski definition) is 7. The first kappa shape index (κ1) is 15.5. The standard InChI is InChI=1S/C15H16N6O3/c1-23-11-4-3-10(7-12(11)24-2)8-15(22)19-17-13-5-6-14-18-16-9-21(14)20-13/h3-7,9H,8H2,1-2H3,(H,17,20)(H,19,22). The van der Waals surface area contributed by atoms with Crippen LogP contribution in [-0.4, -0.2) is 39.9 Å². The van der Waals surface area contributed by atoms with Crippen molar-refractivity contribution in [1.82, 2.24) is 25.2 Å². The van der Waals surface area contributed by atoms with Crippen LogP contribution in [0.25, 0.3) is 5.65 Å². The predicted octanol–water partition coefficient (Wildman–Crippen LogP) is 0.827. The maximum absolute atomic E-state index is 12.0. The van der Waals surface area contributed by atoms with Crippen molar-refractivity contribution in [2.75, 3.05) is 19.6 Å². The average molecular weight is 328 g/mol. The smallest absolute Gasteiger partial charge is 0.242 e. The van der Waals surface area contributed by atoms with Crippen LogP contribution in [0.3, 0.4) is 0 Å². The van der Waals surface area contributed by atoms with Gasteiger partial charge in [-0.15, -0.1) is 15.3 Å². The van der Waals surface area contributed by atoms with Crippen LogP contribution < -0.4 is 20.3 Å². The maximum Gasteiger partial charge on any atom is 0.242 e. The number of hydrazine groups is 1. The van der Waals surface area contributed by atoms with Gasteiger partial charge in [0, 0.05) is 0 Å². The Kier molecular flexibility index (Phi) is 4.41. The summed E-state index contributed by atoms with van der Waals surface area (Å²) < 4.78 is 11.9. The second-order valence-corrected chi connectivity index (χ2v) is 4.89. The number of carbonyl (C=O) groups excluding carboxylic acids is 1. The Balaban J connectivity index is 1.61. The van der Waals surface area contributed by atoms with Crippen LogP contribution in [0, 0.1) is 0 Å². The molecule has 1 amide bonds. The molecule has 0 spiro atoms. The molecular formula is C15H16N6O3. The second-order valence-electron chi connectivity index (χ2n) is 4.89. The van der Waals surface area contributed by atoms with Gasteiger partial charge in [0.2, 0.25) is 5.91 Å². The van der Waals surface area contributed by atoms with Crippen molar-refractivity contribution in [1.29, 1.82) is 0 Å². The molecule has 1 aromatic carbocycles. The predicted molar refractivity (Wildman–Crippen MR) is 85.8 cm³/mol. The minimum atomic E-state index is -0.215. The number of hydrogen-bond donors (Lipinski definition) is 2. The third-order valence-corrected chi connectivity index (χ3v) is 3.30. The van der Waals surface area contributed by atoms with Gasteiger partial charge in [0.25, 0.3) is 0 Å². The highest BCUT2D eigenvalue weighted by Crippen LogP contribution is 2.27. The molecule has 0 saturated carbocycles. The zero-order chi connectivity index (χ0) is 16.9. The number of nitrogens with one attached hydrogen (secondary N) is 2. The minimum absolute atomic E-state index is 0.183. The quantitative estimate of drug-likeness (QED) is 0.646. The van der Waals surface area contributed by atoms with E-state index in [4.69, 9.17) is 9.47 Å². The number of carbonyl (C=O) groups is 1. The largest absolute Gasteiger partial charge is 0.493 e. The first-order valence-electron chi connectivity index (χ1n) is 7.12. The fraction of sp³-hybridized carbons (Fsp3) is 0.200. The topological polar surface area (TPSA) is 103 Å². The SMILES string of the molecule is COc1ccc(CC(=O)NNc2ccc3nncn3n2)cc1OC. The molecule has 9 heteroatoms. The lowest BCUT2D eigenvalue weighted by Gasteiger charge is -2.10. The average Bonchev–Trinajstić information content (AvgIpc) is 3.07. The van der Waals surface area contributed by atoms with Gasteiger partial charge in [0.05, 0.1) is 20.6 Å². The number of nitrogens with zero attached hydrogens (tertiary/aromatic N) is 4. The number of fused-ring (bicyclic) bond motifs is 1. The van der Waals surface area contributed by atoms with E-state index in [-0.39, 0.29) is 12.3 Å². The fourth-order valence-corrected chi connectivity index (χ4v) is 2.15. The molecule has 2 aromatic heterocycles. The van der Waals surface area contributed by atoms with E-state index < -0.39 is 0 Å². The molecule has 24 heavy (non-hydrogen) atoms. The van der Waals surface area contributed by atoms with E-state index in [1.807, 2.05) is 6.07 Å². The molecule has 0 atom stereocenters. The summed E-state index contributed by atoms with van der Waals surface area (Å²) in [5.74, 6) is 1.46. The molecule has 2 heterocycles. The van der Waals surface area contributed by atoms with Crippen LogP contribution in [-0.2, 0) is 11.2 Å². The number of ether oxygens (including phenoxy) is 2. The minimum Gasteiger partial charge on any atom is -0.493 e. The molecule has 0 aliphatic heterocycles. The second kappa shape index (κ2) is 6.82. The number of benzene rings is 1. The normalized spacial score (nSPS) is 10.4. The van der Waals surface area contributed by atoms with Gasteiger partial charge in [-0.1, -0.05) is 6.07 Å². The van der Waals surface area contributed by atoms with Gasteiger partial charge in [0.1, 0.15) is 6.33 Å². The van der Waals surface area contributed by atoms with Crippen molar-refractivity contribution in [3.63, 3.8) is 0 Å². The molecule has 0 bridgehead atoms. The van der Waals surface area contributed by atoms with Crippen LogP contribution >= 0.6 is 0 Å². The summed E-state index contributed by atoms with van der Waals surface area (Å²) >= 11 is 0. The Morgan fingerprint density at radius 1 is 1.17 bits per heavy atom. The lowest BCUT2D eigenvalue weighted by Crippen LogP contribution is -2.31. The summed E-state index contributed by atoms with van der Waals surface area (Å²) in [6, 6.07) is 8.77. The molecule has 2 N–H and O–H groups in total. The summed E-state index contributed by atoms with van der Waals surface area (Å²) in [6.07, 6.45) is 1.66. The Morgan fingerprint density at radius 2 is 2.00 bits per heavy atom. The van der Waals surface area contributed by atoms with Crippen LogP contribution in [0.5, 0.6) is 11.5 Å². The fourth-order valence-electron chi connectivity index (χ4n) is 2.15. The molecule has 0 aliphatic carbocycles. The van der Waals surface area contributed by atoms with Crippen molar-refractivity contribution in [3.8, 4) is 11.5 Å². The Morgan fingerprint density at radius 3 is 2.79 bits per heavy atom. The van der Waals surface area contributed by atoms with Crippen molar-refractivity contribution < 1.29 is 14.3 Å². The van der Waals surface area contributed by atoms with E-state index in [2.05, 4.69) is 26.1 Å². The van der Waals surface area contributed by atoms with Crippen LogP contribution in [0.2, 0.25) is 0 Å². The molecule has 0 saturated heterocycles. The number of rotatable bonds is 6. The number of methoxy groups -OCH3 is 2. The van der Waals surface area contributed by atoms with E-state index in [0.717, 1.165) is 5.56 Å². The highest BCUT2D eigenvalue weighted by Gasteiger charge is 2.08. The van der Waals surface area contributed by atoms with Crippen LogP contribution in [0.4, 0.5) is 5.82 Å². The number of aromatic nitrogens is 4. The summed E-state index contributed by atoms with van der Waals surface area (Å²) in [7, 11) is 3.11. The van der Waals surface area contributed by atoms with E-state index >= 15 is 0 Å². The molecule has 0 fully saturated rings. The molecule has 9 nitrogen and oxygen atoms in total. The van der Waals surface area contributed by atoms with Crippen molar-refractivity contribution in [2.45, 2.75) is 6.42 Å². The third kappa shape index (κ3) is 3.35. The van der Waals surface area contributed by atoms with E-state index in [1.165, 1.54) is 10.8 Å². The van der Waals surface area contributed by atoms with Gasteiger partial charge in [0.15, 0.2) is 23.0 Å². The van der Waals surface area contributed by atoms with Gasteiger partial charge in [-0.25, -0.2) is 0 Å². The van der Waals surface area contributed by atoms with E-state index in [9.17, 15) is 4.79 Å². The van der Waals surface area contributed by atoms with Crippen molar-refractivity contribution >= 4 is 17.4 Å². The maximum atomic E-state index is 12.0. The Hall–Kier alpha value is -3.36. The van der Waals surface area contributed by atoms with Gasteiger partial charge in [-0.2, -0.15) is 4.52 Å². The molecule has 124 valence electrons. The summed E-state index contributed by atoms with van der Waals surface area (Å²) in [4.78, 5) is 12.0. The Labute approximate surface area is 137 Å². The summed E-state index contributed by atoms with van der Waals surface area (Å²) in [5.41, 5.74) is 6.77. The van der Waals surface area contributed by atoms with Crippen LogP contribution in [0.15, 0.2) is 36.7 Å². The molecule has 0 unspecified atom stereocenters. The lowest BCUT2D eigenvalue weighted by atomic mass is 10.1. The van der Waals surface area contributed by atoms with Crippen molar-refractivity contribution in [3.05, 3.63) is 42.2 Å². The first-order valence-corrected chi connectivity index (χ1v) is 7.12. The Bertz CT molecular complexity index is 863. The number of anilines is 1. The zero-order valence-electron chi connectivity index (χ0n) is 13.2. The lowest BCUT2D eigenvalue weighted by molar-refractivity contribution is -0.119. The molecule has 3 aromatic rings. The van der Waals surface area contributed by atoms with Crippen LogP contribution in [0.1, 0.15) is 5.56 Å². The highest BCUT2D eigenvalue weighted by molar-refractivity contribution is 5.79. The van der Waals surface area contributed by atoms with Gasteiger partial charge in [-0.05, 0) is 29.8 Å². The molecule has 3 rings (SSSR count). The summed E-state index contributed by atoms with van der Waals surface area (Å²) in [5, 5.41) is 11.8. The first-order chi connectivity index (χ1) is 11.7. The van der Waals surface area contributed by atoms with E-state index in [1.54, 1.807) is 38.5 Å². The third-order valence-electron chi connectivity index (χ3n) is 3.30. The molecular weight excluding hydrogens is 312 g/mol. The van der Waals surface area contributed by atoms with Gasteiger partial charge < -0.3 is 9.47 Å².